The maximum Gasteiger partial charge on any atom is 0.271 e. The van der Waals surface area contributed by atoms with Gasteiger partial charge in [-0.2, -0.15) is 0 Å². The second kappa shape index (κ2) is 8.57. The Balaban J connectivity index is 1.32. The zero-order chi connectivity index (χ0) is 20.9. The fraction of sp³-hybridized carbons (Fsp3) is 0.130. The third kappa shape index (κ3) is 4.35. The zero-order valence-corrected chi connectivity index (χ0v) is 16.5. The number of carbonyl (C=O) groups excluding carboxylic acids is 2. The molecular weight excluding hydrogens is 378 g/mol. The molecule has 150 valence electrons. The lowest BCUT2D eigenvalue weighted by Gasteiger charge is -2.07. The lowest BCUT2D eigenvalue weighted by atomic mass is 10.1. The molecule has 30 heavy (non-hydrogen) atoms. The van der Waals surface area contributed by atoms with Crippen molar-refractivity contribution in [2.75, 3.05) is 11.9 Å². The van der Waals surface area contributed by atoms with Gasteiger partial charge in [0.05, 0.1) is 12.4 Å². The number of anilines is 2. The number of H-pyrrole nitrogens is 1. The summed E-state index contributed by atoms with van der Waals surface area (Å²) in [5.41, 5.74) is 3.93. The summed E-state index contributed by atoms with van der Waals surface area (Å²) in [5, 5.41) is 7.14. The molecule has 0 atom stereocenters. The number of nitrogens with one attached hydrogen (secondary N) is 3. The second-order valence-electron chi connectivity index (χ2n) is 6.91. The highest BCUT2D eigenvalue weighted by molar-refractivity contribution is 5.94. The van der Waals surface area contributed by atoms with Crippen LogP contribution in [0.15, 0.2) is 67.1 Å². The van der Waals surface area contributed by atoms with Gasteiger partial charge in [-0.1, -0.05) is 18.2 Å². The van der Waals surface area contributed by atoms with Crippen LogP contribution in [0.1, 0.15) is 33.3 Å². The molecule has 2 heterocycles. The minimum Gasteiger partial charge on any atom is -0.361 e. The Bertz CT molecular complexity index is 1180. The predicted octanol–water partition coefficient (Wildman–Crippen LogP) is 3.88. The van der Waals surface area contributed by atoms with Crippen molar-refractivity contribution in [3.05, 3.63) is 83.9 Å². The first kappa shape index (κ1) is 19.3. The number of rotatable bonds is 7. The summed E-state index contributed by atoms with van der Waals surface area (Å²) in [6.45, 7) is 2.03. The van der Waals surface area contributed by atoms with E-state index in [1.54, 1.807) is 24.3 Å². The van der Waals surface area contributed by atoms with Gasteiger partial charge in [0.1, 0.15) is 11.5 Å². The predicted molar refractivity (Wildman–Crippen MR) is 116 cm³/mol. The van der Waals surface area contributed by atoms with Crippen molar-refractivity contribution in [3.63, 3.8) is 0 Å². The molecule has 0 saturated heterocycles. The normalized spacial score (nSPS) is 10.7. The van der Waals surface area contributed by atoms with E-state index in [1.807, 2.05) is 24.4 Å². The largest absolute Gasteiger partial charge is 0.361 e. The number of carbonyl (C=O) groups is 2. The van der Waals surface area contributed by atoms with E-state index >= 15 is 0 Å². The van der Waals surface area contributed by atoms with E-state index in [4.69, 9.17) is 0 Å². The number of aromatic amines is 1. The van der Waals surface area contributed by atoms with Gasteiger partial charge in [-0.25, -0.2) is 9.97 Å². The molecule has 0 aliphatic carbocycles. The number of nitrogens with zero attached hydrogens (tertiary/aromatic N) is 2. The topological polar surface area (TPSA) is 99.8 Å². The Hall–Kier alpha value is -4.00. The summed E-state index contributed by atoms with van der Waals surface area (Å²) in [5.74, 6) is 0.266. The van der Waals surface area contributed by atoms with Crippen LogP contribution in [-0.2, 0) is 6.42 Å². The fourth-order valence-electron chi connectivity index (χ4n) is 3.19. The van der Waals surface area contributed by atoms with Gasteiger partial charge in [0.15, 0.2) is 5.78 Å². The molecule has 3 N–H and O–H groups in total. The van der Waals surface area contributed by atoms with Crippen LogP contribution in [0.3, 0.4) is 0 Å². The minimum atomic E-state index is -0.264. The maximum absolute atomic E-state index is 12.3. The highest BCUT2D eigenvalue weighted by atomic mass is 16.1. The summed E-state index contributed by atoms with van der Waals surface area (Å²) >= 11 is 0. The fourth-order valence-corrected chi connectivity index (χ4v) is 3.19. The third-order valence-electron chi connectivity index (χ3n) is 4.80. The second-order valence-corrected chi connectivity index (χ2v) is 6.91. The van der Waals surface area contributed by atoms with Crippen LogP contribution < -0.4 is 10.6 Å². The molecule has 7 nitrogen and oxygen atoms in total. The number of ketones is 1. The number of fused-ring (bicyclic) bond motifs is 1. The van der Waals surface area contributed by atoms with Crippen molar-refractivity contribution in [1.29, 1.82) is 0 Å². The van der Waals surface area contributed by atoms with Crippen molar-refractivity contribution in [1.82, 2.24) is 20.3 Å². The zero-order valence-electron chi connectivity index (χ0n) is 16.5. The molecule has 0 bridgehead atoms. The first-order chi connectivity index (χ1) is 14.6. The molecular formula is C23H21N5O2. The van der Waals surface area contributed by atoms with Crippen molar-refractivity contribution >= 4 is 34.1 Å². The van der Waals surface area contributed by atoms with Gasteiger partial charge in [0, 0.05) is 34.9 Å². The van der Waals surface area contributed by atoms with Crippen LogP contribution in [0.2, 0.25) is 0 Å². The van der Waals surface area contributed by atoms with E-state index in [9.17, 15) is 9.59 Å². The molecule has 0 fully saturated rings. The van der Waals surface area contributed by atoms with Gasteiger partial charge >= 0.3 is 0 Å². The summed E-state index contributed by atoms with van der Waals surface area (Å²) in [7, 11) is 0. The smallest absolute Gasteiger partial charge is 0.271 e. The Morgan fingerprint density at radius 3 is 2.53 bits per heavy atom. The molecule has 1 amide bonds. The van der Waals surface area contributed by atoms with Gasteiger partial charge < -0.3 is 15.6 Å². The van der Waals surface area contributed by atoms with Crippen molar-refractivity contribution in [2.45, 2.75) is 13.3 Å². The SMILES string of the molecule is CC(=O)c1ccc(Nc2cnc(C(=O)NCCc3c[nH]c4ccccc34)cn2)cc1. The molecule has 4 aromatic rings. The first-order valence-corrected chi connectivity index (χ1v) is 9.63. The first-order valence-electron chi connectivity index (χ1n) is 9.63. The molecule has 4 rings (SSSR count). The van der Waals surface area contributed by atoms with Gasteiger partial charge in [-0.05, 0) is 49.2 Å². The molecule has 0 aliphatic heterocycles. The van der Waals surface area contributed by atoms with Crippen LogP contribution in [0, 0.1) is 0 Å². The average molecular weight is 399 g/mol. The summed E-state index contributed by atoms with van der Waals surface area (Å²) in [6, 6.07) is 15.2. The Morgan fingerprint density at radius 2 is 1.80 bits per heavy atom. The number of para-hydroxylation sites is 1. The molecule has 0 saturated carbocycles. The van der Waals surface area contributed by atoms with E-state index in [2.05, 4.69) is 31.7 Å². The van der Waals surface area contributed by atoms with Gasteiger partial charge in [-0.3, -0.25) is 9.59 Å². The van der Waals surface area contributed by atoms with Crippen LogP contribution in [0.25, 0.3) is 10.9 Å². The molecule has 2 aromatic carbocycles. The Labute approximate surface area is 173 Å². The molecule has 0 radical (unpaired) electrons. The summed E-state index contributed by atoms with van der Waals surface area (Å²) in [6.07, 6.45) is 5.64. The average Bonchev–Trinajstić information content (AvgIpc) is 3.18. The number of hydrogen-bond acceptors (Lipinski definition) is 5. The summed E-state index contributed by atoms with van der Waals surface area (Å²) in [4.78, 5) is 35.3. The number of benzene rings is 2. The maximum atomic E-state index is 12.3. The standard InChI is InChI=1S/C23H21N5O2/c1-15(29)16-6-8-18(9-7-16)28-22-14-26-21(13-27-22)23(30)24-11-10-17-12-25-20-5-3-2-4-19(17)20/h2-9,12-14,25H,10-11H2,1H3,(H,24,30)(H,27,28). The van der Waals surface area contributed by atoms with Crippen molar-refractivity contribution in [3.8, 4) is 0 Å². The highest BCUT2D eigenvalue weighted by Crippen LogP contribution is 2.18. The number of hydrogen-bond donors (Lipinski definition) is 3. The minimum absolute atomic E-state index is 0.0152. The molecule has 0 unspecified atom stereocenters. The van der Waals surface area contributed by atoms with E-state index in [-0.39, 0.29) is 17.4 Å². The Kier molecular flexibility index (Phi) is 5.52. The Morgan fingerprint density at radius 1 is 1.00 bits per heavy atom. The van der Waals surface area contributed by atoms with E-state index in [0.717, 1.165) is 23.2 Å². The van der Waals surface area contributed by atoms with E-state index in [0.29, 0.717) is 17.9 Å². The van der Waals surface area contributed by atoms with E-state index < -0.39 is 0 Å². The van der Waals surface area contributed by atoms with E-state index in [1.165, 1.54) is 24.7 Å². The quantitative estimate of drug-likeness (QED) is 0.410. The van der Waals surface area contributed by atoms with Crippen LogP contribution >= 0.6 is 0 Å². The van der Waals surface area contributed by atoms with Crippen molar-refractivity contribution in [2.24, 2.45) is 0 Å². The molecule has 2 aromatic heterocycles. The lowest BCUT2D eigenvalue weighted by Crippen LogP contribution is -2.26. The highest BCUT2D eigenvalue weighted by Gasteiger charge is 2.09. The molecule has 0 spiro atoms. The van der Waals surface area contributed by atoms with Crippen molar-refractivity contribution < 1.29 is 9.59 Å². The van der Waals surface area contributed by atoms with Crippen LogP contribution in [0.5, 0.6) is 0 Å². The number of Topliss-reactive ketones (excluding diaryl/α,β-unsaturated/α-hetero) is 1. The lowest BCUT2D eigenvalue weighted by molar-refractivity contribution is 0.0948. The number of aromatic nitrogens is 3. The van der Waals surface area contributed by atoms with Gasteiger partial charge in [0.25, 0.3) is 5.91 Å². The van der Waals surface area contributed by atoms with Gasteiger partial charge in [-0.15, -0.1) is 0 Å². The van der Waals surface area contributed by atoms with Gasteiger partial charge in [0.2, 0.25) is 0 Å². The van der Waals surface area contributed by atoms with Crippen LogP contribution in [0.4, 0.5) is 11.5 Å². The number of amides is 1. The molecule has 0 aliphatic rings. The summed E-state index contributed by atoms with van der Waals surface area (Å²) < 4.78 is 0. The monoisotopic (exact) mass is 399 g/mol. The molecule has 7 heteroatoms. The third-order valence-corrected chi connectivity index (χ3v) is 4.80. The van der Waals surface area contributed by atoms with Crippen LogP contribution in [-0.4, -0.2) is 33.2 Å².